The average Bonchev–Trinajstić information content (AvgIpc) is 2.90. The van der Waals surface area contributed by atoms with Crippen LogP contribution in [0.4, 0.5) is 0 Å². The molecular formula is C13H17BrN2O4S. The van der Waals surface area contributed by atoms with Crippen LogP contribution >= 0.6 is 15.9 Å². The molecule has 1 atom stereocenters. The summed E-state index contributed by atoms with van der Waals surface area (Å²) in [6.45, 7) is 2.69. The van der Waals surface area contributed by atoms with Crippen LogP contribution in [-0.2, 0) is 14.8 Å². The van der Waals surface area contributed by atoms with E-state index in [2.05, 4.69) is 21.2 Å². The van der Waals surface area contributed by atoms with Crippen molar-refractivity contribution in [3.63, 3.8) is 0 Å². The lowest BCUT2D eigenvalue weighted by atomic mass is 10.1. The maximum Gasteiger partial charge on any atom is 0.251 e. The number of sulfonamides is 1. The second-order valence-electron chi connectivity index (χ2n) is 4.97. The Morgan fingerprint density at radius 1 is 1.52 bits per heavy atom. The fourth-order valence-electron chi connectivity index (χ4n) is 2.29. The SMILES string of the molecule is Cc1c(C(=O)NCC2CCCO2)cc(Br)cc1S(N)(=O)=O. The van der Waals surface area contributed by atoms with E-state index >= 15 is 0 Å². The van der Waals surface area contributed by atoms with E-state index in [1.807, 2.05) is 0 Å². The Labute approximate surface area is 132 Å². The molecule has 116 valence electrons. The smallest absolute Gasteiger partial charge is 0.251 e. The quantitative estimate of drug-likeness (QED) is 0.827. The Hall–Kier alpha value is -0.960. The second kappa shape index (κ2) is 6.43. The summed E-state index contributed by atoms with van der Waals surface area (Å²) in [6, 6.07) is 2.97. The number of rotatable bonds is 4. The number of halogens is 1. The van der Waals surface area contributed by atoms with Crippen LogP contribution in [0.1, 0.15) is 28.8 Å². The minimum atomic E-state index is -3.88. The van der Waals surface area contributed by atoms with Crippen LogP contribution < -0.4 is 10.5 Å². The van der Waals surface area contributed by atoms with Crippen molar-refractivity contribution in [3.05, 3.63) is 27.7 Å². The number of hydrogen-bond acceptors (Lipinski definition) is 4. The molecule has 1 aliphatic rings. The van der Waals surface area contributed by atoms with Crippen LogP contribution in [0.25, 0.3) is 0 Å². The average molecular weight is 377 g/mol. The number of hydrogen-bond donors (Lipinski definition) is 2. The first-order valence-electron chi connectivity index (χ1n) is 6.52. The molecule has 21 heavy (non-hydrogen) atoms. The van der Waals surface area contributed by atoms with Gasteiger partial charge in [0.05, 0.1) is 11.0 Å². The molecule has 1 aromatic carbocycles. The minimum Gasteiger partial charge on any atom is -0.376 e. The topological polar surface area (TPSA) is 98.5 Å². The Balaban J connectivity index is 2.22. The van der Waals surface area contributed by atoms with Crippen LogP contribution in [0, 0.1) is 6.92 Å². The van der Waals surface area contributed by atoms with Crippen LogP contribution in [-0.4, -0.2) is 33.6 Å². The molecule has 2 rings (SSSR count). The summed E-state index contributed by atoms with van der Waals surface area (Å²) in [4.78, 5) is 12.2. The van der Waals surface area contributed by atoms with E-state index in [-0.39, 0.29) is 22.5 Å². The molecule has 0 aromatic heterocycles. The molecular weight excluding hydrogens is 360 g/mol. The number of amides is 1. The van der Waals surface area contributed by atoms with Gasteiger partial charge in [-0.05, 0) is 37.5 Å². The van der Waals surface area contributed by atoms with Crippen molar-refractivity contribution >= 4 is 31.9 Å². The first kappa shape index (κ1) is 16.4. The van der Waals surface area contributed by atoms with Crippen molar-refractivity contribution in [2.75, 3.05) is 13.2 Å². The van der Waals surface area contributed by atoms with Gasteiger partial charge in [-0.1, -0.05) is 15.9 Å². The highest BCUT2D eigenvalue weighted by molar-refractivity contribution is 9.10. The molecule has 1 fully saturated rings. The lowest BCUT2D eigenvalue weighted by Gasteiger charge is -2.14. The minimum absolute atomic E-state index is 0.0270. The lowest BCUT2D eigenvalue weighted by molar-refractivity contribution is 0.0857. The Kier molecular flexibility index (Phi) is 5.03. The van der Waals surface area contributed by atoms with Gasteiger partial charge in [0.1, 0.15) is 0 Å². The maximum absolute atomic E-state index is 12.2. The van der Waals surface area contributed by atoms with Crippen LogP contribution in [0.3, 0.4) is 0 Å². The van der Waals surface area contributed by atoms with Crippen LogP contribution in [0.2, 0.25) is 0 Å². The molecule has 0 spiro atoms. The second-order valence-corrected chi connectivity index (χ2v) is 7.41. The summed E-state index contributed by atoms with van der Waals surface area (Å²) in [6.07, 6.45) is 1.94. The van der Waals surface area contributed by atoms with E-state index in [1.54, 1.807) is 13.0 Å². The summed E-state index contributed by atoms with van der Waals surface area (Å²) in [5.74, 6) is -0.339. The summed E-state index contributed by atoms with van der Waals surface area (Å²) in [7, 11) is -3.88. The Morgan fingerprint density at radius 2 is 2.24 bits per heavy atom. The van der Waals surface area contributed by atoms with Crippen LogP contribution in [0.5, 0.6) is 0 Å². The number of carbonyl (C=O) groups excluding carboxylic acids is 1. The standard InChI is InChI=1S/C13H17BrN2O4S/c1-8-11(5-9(14)6-12(8)21(15,18)19)13(17)16-7-10-3-2-4-20-10/h5-6,10H,2-4,7H2,1H3,(H,16,17)(H2,15,18,19). The highest BCUT2D eigenvalue weighted by Crippen LogP contribution is 2.24. The van der Waals surface area contributed by atoms with Crippen molar-refractivity contribution in [1.82, 2.24) is 5.32 Å². The molecule has 1 unspecified atom stereocenters. The zero-order valence-corrected chi connectivity index (χ0v) is 14.0. The molecule has 1 aromatic rings. The van der Waals surface area contributed by atoms with Gasteiger partial charge in [0.15, 0.2) is 0 Å². The first-order valence-corrected chi connectivity index (χ1v) is 8.85. The molecule has 0 bridgehead atoms. The van der Waals surface area contributed by atoms with Crippen molar-refractivity contribution in [2.24, 2.45) is 5.14 Å². The van der Waals surface area contributed by atoms with Gasteiger partial charge in [0.2, 0.25) is 10.0 Å². The Morgan fingerprint density at radius 3 is 2.81 bits per heavy atom. The van der Waals surface area contributed by atoms with Crippen molar-refractivity contribution < 1.29 is 17.9 Å². The monoisotopic (exact) mass is 376 g/mol. The van der Waals surface area contributed by atoms with Gasteiger partial charge in [-0.3, -0.25) is 4.79 Å². The zero-order chi connectivity index (χ0) is 15.6. The fourth-order valence-corrected chi connectivity index (χ4v) is 3.73. The van der Waals surface area contributed by atoms with Crippen molar-refractivity contribution in [3.8, 4) is 0 Å². The maximum atomic E-state index is 12.2. The van der Waals surface area contributed by atoms with Gasteiger partial charge in [0, 0.05) is 23.2 Å². The zero-order valence-electron chi connectivity index (χ0n) is 11.6. The third kappa shape index (κ3) is 4.03. The van der Waals surface area contributed by atoms with E-state index < -0.39 is 10.0 Å². The number of ether oxygens (including phenoxy) is 1. The molecule has 1 saturated heterocycles. The van der Waals surface area contributed by atoms with Gasteiger partial charge < -0.3 is 10.1 Å². The van der Waals surface area contributed by atoms with Gasteiger partial charge in [-0.25, -0.2) is 13.6 Å². The van der Waals surface area contributed by atoms with E-state index in [4.69, 9.17) is 9.88 Å². The van der Waals surface area contributed by atoms with Crippen LogP contribution in [0.15, 0.2) is 21.5 Å². The molecule has 0 aliphatic carbocycles. The van der Waals surface area contributed by atoms with Gasteiger partial charge in [0.25, 0.3) is 5.91 Å². The van der Waals surface area contributed by atoms with E-state index in [9.17, 15) is 13.2 Å². The molecule has 1 amide bonds. The first-order chi connectivity index (χ1) is 9.79. The highest BCUT2D eigenvalue weighted by Gasteiger charge is 2.21. The predicted octanol–water partition coefficient (Wildman–Crippen LogP) is 1.31. The van der Waals surface area contributed by atoms with Crippen molar-refractivity contribution in [2.45, 2.75) is 30.8 Å². The van der Waals surface area contributed by atoms with Gasteiger partial charge in [-0.2, -0.15) is 0 Å². The van der Waals surface area contributed by atoms with E-state index in [0.717, 1.165) is 12.8 Å². The molecule has 1 heterocycles. The number of benzene rings is 1. The fraction of sp³-hybridized carbons (Fsp3) is 0.462. The number of carbonyl (C=O) groups is 1. The molecule has 1 aliphatic heterocycles. The third-order valence-electron chi connectivity index (χ3n) is 3.39. The molecule has 0 radical (unpaired) electrons. The van der Waals surface area contributed by atoms with Gasteiger partial charge in [-0.15, -0.1) is 0 Å². The predicted molar refractivity (Wildman–Crippen MR) is 81.6 cm³/mol. The lowest BCUT2D eigenvalue weighted by Crippen LogP contribution is -2.32. The highest BCUT2D eigenvalue weighted by atomic mass is 79.9. The summed E-state index contributed by atoms with van der Waals surface area (Å²) >= 11 is 3.20. The van der Waals surface area contributed by atoms with E-state index in [0.29, 0.717) is 23.2 Å². The van der Waals surface area contributed by atoms with E-state index in [1.165, 1.54) is 6.07 Å². The number of nitrogens with two attached hydrogens (primary N) is 1. The number of nitrogens with one attached hydrogen (secondary N) is 1. The molecule has 3 N–H and O–H groups in total. The Bertz CT molecular complexity index is 654. The van der Waals surface area contributed by atoms with Gasteiger partial charge >= 0.3 is 0 Å². The summed E-state index contributed by atoms with van der Waals surface area (Å²) in [5, 5.41) is 7.94. The molecule has 0 saturated carbocycles. The number of primary sulfonamides is 1. The summed E-state index contributed by atoms with van der Waals surface area (Å²) < 4.78 is 29.0. The third-order valence-corrected chi connectivity index (χ3v) is 4.89. The molecule has 6 nitrogen and oxygen atoms in total. The molecule has 8 heteroatoms. The normalized spacial score (nSPS) is 18.7. The largest absolute Gasteiger partial charge is 0.376 e. The summed E-state index contributed by atoms with van der Waals surface area (Å²) in [5.41, 5.74) is 0.622. The van der Waals surface area contributed by atoms with Crippen molar-refractivity contribution in [1.29, 1.82) is 0 Å².